The molecule has 1 saturated carbocycles. The summed E-state index contributed by atoms with van der Waals surface area (Å²) < 4.78 is 20.9. The number of carbonyl (C=O) groups is 1. The van der Waals surface area contributed by atoms with Crippen LogP contribution < -0.4 is 0 Å². The van der Waals surface area contributed by atoms with Crippen LogP contribution in [0, 0.1) is 5.82 Å². The largest absolute Gasteiger partial charge is 0.336 e. The Hall–Kier alpha value is -3.10. The molecule has 9 heteroatoms. The van der Waals surface area contributed by atoms with Gasteiger partial charge in [0.25, 0.3) is 11.8 Å². The molecule has 27 heavy (non-hydrogen) atoms. The van der Waals surface area contributed by atoms with Gasteiger partial charge in [-0.25, -0.2) is 9.07 Å². The van der Waals surface area contributed by atoms with Crippen molar-refractivity contribution in [2.45, 2.75) is 31.2 Å². The zero-order valence-corrected chi connectivity index (χ0v) is 14.5. The number of rotatable bonds is 4. The highest BCUT2D eigenvalue weighted by Gasteiger charge is 2.31. The lowest BCUT2D eigenvalue weighted by Gasteiger charge is -2.16. The highest BCUT2D eigenvalue weighted by Crippen LogP contribution is 2.38. The van der Waals surface area contributed by atoms with Crippen LogP contribution in [0.2, 0.25) is 0 Å². The van der Waals surface area contributed by atoms with Gasteiger partial charge in [-0.3, -0.25) is 4.79 Å². The van der Waals surface area contributed by atoms with Crippen molar-refractivity contribution in [1.82, 2.24) is 30.0 Å². The molecule has 2 aromatic heterocycles. The third-order valence-corrected chi connectivity index (χ3v) is 5.04. The Morgan fingerprint density at radius 2 is 2.07 bits per heavy atom. The van der Waals surface area contributed by atoms with Crippen LogP contribution in [0.1, 0.15) is 47.4 Å². The first-order chi connectivity index (χ1) is 13.2. The molecule has 1 aliphatic carbocycles. The summed E-state index contributed by atoms with van der Waals surface area (Å²) in [6.45, 7) is 0.993. The number of amides is 1. The number of halogens is 1. The minimum absolute atomic E-state index is 0.0206. The van der Waals surface area contributed by atoms with Crippen LogP contribution in [0.15, 0.2) is 35.0 Å². The molecular weight excluding hydrogens is 351 g/mol. The van der Waals surface area contributed by atoms with Crippen LogP contribution in [0.25, 0.3) is 11.6 Å². The van der Waals surface area contributed by atoms with E-state index < -0.39 is 5.82 Å². The Morgan fingerprint density at radius 3 is 2.89 bits per heavy atom. The third kappa shape index (κ3) is 2.98. The Bertz CT molecular complexity index is 995. The Morgan fingerprint density at radius 1 is 1.22 bits per heavy atom. The van der Waals surface area contributed by atoms with E-state index in [4.69, 9.17) is 4.52 Å². The Labute approximate surface area is 154 Å². The van der Waals surface area contributed by atoms with Crippen molar-refractivity contribution in [3.05, 3.63) is 47.7 Å². The zero-order valence-electron chi connectivity index (χ0n) is 14.5. The number of hydrogen-bond donors (Lipinski definition) is 0. The molecular formula is C18H17FN6O2. The third-order valence-electron chi connectivity index (χ3n) is 5.04. The smallest absolute Gasteiger partial charge is 0.280 e. The maximum atomic E-state index is 13.9. The lowest BCUT2D eigenvalue weighted by molar-refractivity contribution is 0.0782. The van der Waals surface area contributed by atoms with Crippen molar-refractivity contribution < 1.29 is 13.7 Å². The zero-order chi connectivity index (χ0) is 18.4. The molecule has 138 valence electrons. The first kappa shape index (κ1) is 16.1. The molecule has 1 aromatic carbocycles. The van der Waals surface area contributed by atoms with E-state index in [1.54, 1.807) is 27.9 Å². The quantitative estimate of drug-likeness (QED) is 0.703. The topological polar surface area (TPSA) is 89.9 Å². The minimum atomic E-state index is -0.503. The molecule has 1 aliphatic heterocycles. The van der Waals surface area contributed by atoms with E-state index in [2.05, 4.69) is 20.5 Å². The van der Waals surface area contributed by atoms with Gasteiger partial charge in [0.1, 0.15) is 5.82 Å². The molecule has 0 bridgehead atoms. The summed E-state index contributed by atoms with van der Waals surface area (Å²) in [5.41, 5.74) is 0.615. The van der Waals surface area contributed by atoms with Crippen molar-refractivity contribution in [2.24, 2.45) is 0 Å². The number of nitrogens with zero attached hydrogens (tertiary/aromatic N) is 6. The van der Waals surface area contributed by atoms with Gasteiger partial charge in [-0.15, -0.1) is 5.10 Å². The number of likely N-dealkylation sites (tertiary alicyclic amines) is 1. The van der Waals surface area contributed by atoms with Gasteiger partial charge >= 0.3 is 0 Å². The molecule has 8 nitrogen and oxygen atoms in total. The van der Waals surface area contributed by atoms with Gasteiger partial charge in [-0.05, 0) is 31.4 Å². The molecule has 1 saturated heterocycles. The van der Waals surface area contributed by atoms with Crippen molar-refractivity contribution >= 4 is 5.91 Å². The minimum Gasteiger partial charge on any atom is -0.336 e. The van der Waals surface area contributed by atoms with Crippen molar-refractivity contribution in [3.8, 4) is 11.6 Å². The van der Waals surface area contributed by atoms with E-state index in [0.29, 0.717) is 30.6 Å². The normalized spacial score (nSPS) is 19.6. The van der Waals surface area contributed by atoms with Crippen LogP contribution in [-0.2, 0) is 0 Å². The highest BCUT2D eigenvalue weighted by molar-refractivity contribution is 5.94. The lowest BCUT2D eigenvalue weighted by atomic mass is 10.2. The molecule has 1 atom stereocenters. The monoisotopic (exact) mass is 368 g/mol. The Balaban J connectivity index is 1.29. The van der Waals surface area contributed by atoms with Crippen molar-refractivity contribution in [1.29, 1.82) is 0 Å². The molecule has 1 amide bonds. The van der Waals surface area contributed by atoms with E-state index in [1.165, 1.54) is 12.1 Å². The van der Waals surface area contributed by atoms with Crippen molar-refractivity contribution in [3.63, 3.8) is 0 Å². The molecule has 2 aliphatic rings. The summed E-state index contributed by atoms with van der Waals surface area (Å²) in [6, 6.07) is 6.01. The highest BCUT2D eigenvalue weighted by atomic mass is 19.1. The number of hydrogen-bond acceptors (Lipinski definition) is 6. The predicted octanol–water partition coefficient (Wildman–Crippen LogP) is 2.43. The molecule has 1 unspecified atom stereocenters. The van der Waals surface area contributed by atoms with E-state index in [1.807, 2.05) is 0 Å². The molecule has 0 N–H and O–H groups in total. The average molecular weight is 368 g/mol. The molecule has 3 aromatic rings. The first-order valence-electron chi connectivity index (χ1n) is 8.98. The summed E-state index contributed by atoms with van der Waals surface area (Å²) in [5.74, 6) is 0.687. The van der Waals surface area contributed by atoms with Gasteiger partial charge in [-0.1, -0.05) is 22.5 Å². The summed E-state index contributed by atoms with van der Waals surface area (Å²) in [6.07, 6.45) is 4.67. The number of carbonyl (C=O) groups excluding carboxylic acids is 1. The lowest BCUT2D eigenvalue weighted by Crippen LogP contribution is -2.29. The fourth-order valence-electron chi connectivity index (χ4n) is 3.35. The molecule has 2 fully saturated rings. The van der Waals surface area contributed by atoms with Crippen LogP contribution in [0.4, 0.5) is 4.39 Å². The standard InChI is InChI=1S/C18H17FN6O2/c19-14-4-2-1-3-13(14)18(26)24-8-7-12(9-24)25-10-15(21-23-25)17-20-16(22-27-17)11-5-6-11/h1-4,10-12H,5-9H2. The Kier molecular flexibility index (Phi) is 3.73. The maximum absolute atomic E-state index is 13.9. The molecule has 0 spiro atoms. The van der Waals surface area contributed by atoms with Gasteiger partial charge in [0.2, 0.25) is 0 Å². The molecule has 5 rings (SSSR count). The van der Waals surface area contributed by atoms with E-state index in [-0.39, 0.29) is 17.5 Å². The van der Waals surface area contributed by atoms with Gasteiger partial charge in [-0.2, -0.15) is 4.98 Å². The number of benzene rings is 1. The predicted molar refractivity (Wildman–Crippen MR) is 91.2 cm³/mol. The van der Waals surface area contributed by atoms with Gasteiger partial charge in [0.15, 0.2) is 11.5 Å². The molecule has 0 radical (unpaired) electrons. The summed E-state index contributed by atoms with van der Waals surface area (Å²) >= 11 is 0. The summed E-state index contributed by atoms with van der Waals surface area (Å²) in [7, 11) is 0. The number of aromatic nitrogens is 5. The SMILES string of the molecule is O=C(c1ccccc1F)N1CCC(n2cc(-c3nc(C4CC4)no3)nn2)C1. The van der Waals surface area contributed by atoms with Crippen LogP contribution in [0.3, 0.4) is 0 Å². The molecule has 3 heterocycles. The average Bonchev–Trinajstić information content (AvgIpc) is 3.09. The van der Waals surface area contributed by atoms with Crippen molar-refractivity contribution in [2.75, 3.05) is 13.1 Å². The van der Waals surface area contributed by atoms with Gasteiger partial charge < -0.3 is 9.42 Å². The summed E-state index contributed by atoms with van der Waals surface area (Å²) in [5, 5.41) is 12.3. The van der Waals surface area contributed by atoms with Crippen LogP contribution in [0.5, 0.6) is 0 Å². The van der Waals surface area contributed by atoms with Gasteiger partial charge in [0.05, 0.1) is 17.8 Å². The van der Waals surface area contributed by atoms with Gasteiger partial charge in [0, 0.05) is 19.0 Å². The summed E-state index contributed by atoms with van der Waals surface area (Å²) in [4.78, 5) is 18.6. The van der Waals surface area contributed by atoms with Crippen LogP contribution in [-0.4, -0.2) is 49.0 Å². The van der Waals surface area contributed by atoms with E-state index >= 15 is 0 Å². The van der Waals surface area contributed by atoms with E-state index in [0.717, 1.165) is 25.1 Å². The second-order valence-electron chi connectivity index (χ2n) is 6.99. The second-order valence-corrected chi connectivity index (χ2v) is 6.99. The first-order valence-corrected chi connectivity index (χ1v) is 8.98. The fourth-order valence-corrected chi connectivity index (χ4v) is 3.35. The van der Waals surface area contributed by atoms with E-state index in [9.17, 15) is 9.18 Å². The van der Waals surface area contributed by atoms with Crippen LogP contribution >= 0.6 is 0 Å². The maximum Gasteiger partial charge on any atom is 0.280 e. The second kappa shape index (κ2) is 6.26. The fraction of sp³-hybridized carbons (Fsp3) is 0.389.